The highest BCUT2D eigenvalue weighted by Crippen LogP contribution is 2.50. The van der Waals surface area contributed by atoms with Crippen LogP contribution in [0.25, 0.3) is 5.69 Å². The van der Waals surface area contributed by atoms with Gasteiger partial charge in [-0.05, 0) is 68.0 Å². The SMILES string of the molecule is CCc1ccc(-n2c(SCC(=O)Nc3cccc(C)c3C)nc3c(c2=O)[C@H]2CCCC[C@@H]2S3)cc1. The van der Waals surface area contributed by atoms with Crippen molar-refractivity contribution in [1.82, 2.24) is 9.55 Å². The van der Waals surface area contributed by atoms with E-state index in [1.54, 1.807) is 16.3 Å². The molecule has 5 rings (SSSR count). The molecule has 2 aliphatic rings. The van der Waals surface area contributed by atoms with Crippen LogP contribution in [0.2, 0.25) is 0 Å². The summed E-state index contributed by atoms with van der Waals surface area (Å²) in [6.45, 7) is 6.16. The molecule has 0 unspecified atom stereocenters. The third kappa shape index (κ3) is 4.81. The summed E-state index contributed by atoms with van der Waals surface area (Å²) in [7, 11) is 0. The number of hydrogen-bond donors (Lipinski definition) is 1. The van der Waals surface area contributed by atoms with Gasteiger partial charge in [0.1, 0.15) is 5.03 Å². The normalized spacial score (nSPS) is 18.7. The van der Waals surface area contributed by atoms with Gasteiger partial charge in [0.15, 0.2) is 5.16 Å². The van der Waals surface area contributed by atoms with Gasteiger partial charge in [0, 0.05) is 16.9 Å². The van der Waals surface area contributed by atoms with Crippen LogP contribution >= 0.6 is 23.5 Å². The molecule has 7 heteroatoms. The van der Waals surface area contributed by atoms with Crippen molar-refractivity contribution >= 4 is 35.1 Å². The maximum Gasteiger partial charge on any atom is 0.263 e. The minimum atomic E-state index is -0.104. The van der Waals surface area contributed by atoms with E-state index in [1.807, 2.05) is 44.2 Å². The molecule has 2 atom stereocenters. The molecule has 2 heterocycles. The predicted molar refractivity (Wildman–Crippen MR) is 145 cm³/mol. The molecule has 1 saturated carbocycles. The van der Waals surface area contributed by atoms with Crippen molar-refractivity contribution in [3.8, 4) is 5.69 Å². The molecule has 182 valence electrons. The van der Waals surface area contributed by atoms with Crippen molar-refractivity contribution in [2.75, 3.05) is 11.1 Å². The second kappa shape index (κ2) is 10.2. The predicted octanol–water partition coefficient (Wildman–Crippen LogP) is 6.27. The molecule has 0 spiro atoms. The zero-order chi connectivity index (χ0) is 24.5. The van der Waals surface area contributed by atoms with E-state index in [4.69, 9.17) is 4.98 Å². The summed E-state index contributed by atoms with van der Waals surface area (Å²) in [4.78, 5) is 31.7. The van der Waals surface area contributed by atoms with Gasteiger partial charge in [0.25, 0.3) is 5.56 Å². The molecule has 1 fully saturated rings. The summed E-state index contributed by atoms with van der Waals surface area (Å²) in [6.07, 6.45) is 5.52. The van der Waals surface area contributed by atoms with Crippen LogP contribution in [-0.2, 0) is 11.2 Å². The van der Waals surface area contributed by atoms with Crippen molar-refractivity contribution in [3.05, 3.63) is 75.1 Å². The Morgan fingerprint density at radius 1 is 1.14 bits per heavy atom. The topological polar surface area (TPSA) is 64.0 Å². The molecule has 0 saturated heterocycles. The number of aryl methyl sites for hydroxylation is 2. The van der Waals surface area contributed by atoms with Crippen molar-refractivity contribution in [2.24, 2.45) is 0 Å². The average molecular weight is 506 g/mol. The molecule has 1 aromatic heterocycles. The van der Waals surface area contributed by atoms with Crippen LogP contribution in [0, 0.1) is 13.8 Å². The fourth-order valence-electron chi connectivity index (χ4n) is 5.02. The molecule has 1 aliphatic heterocycles. The molecule has 35 heavy (non-hydrogen) atoms. The lowest BCUT2D eigenvalue weighted by Crippen LogP contribution is -2.29. The lowest BCUT2D eigenvalue weighted by atomic mass is 9.85. The fraction of sp³-hybridized carbons (Fsp3) is 0.393. The Morgan fingerprint density at radius 2 is 1.91 bits per heavy atom. The Labute approximate surface area is 215 Å². The van der Waals surface area contributed by atoms with E-state index in [0.717, 1.165) is 52.4 Å². The van der Waals surface area contributed by atoms with Crippen LogP contribution in [0.5, 0.6) is 0 Å². The number of carbonyl (C=O) groups is 1. The van der Waals surface area contributed by atoms with E-state index < -0.39 is 0 Å². The summed E-state index contributed by atoms with van der Waals surface area (Å²) in [6, 6.07) is 14.0. The van der Waals surface area contributed by atoms with Gasteiger partial charge in [0.05, 0.1) is 17.0 Å². The summed E-state index contributed by atoms with van der Waals surface area (Å²) in [5.41, 5.74) is 5.96. The number of anilines is 1. The third-order valence-electron chi connectivity index (χ3n) is 7.20. The van der Waals surface area contributed by atoms with Gasteiger partial charge in [0.2, 0.25) is 5.91 Å². The van der Waals surface area contributed by atoms with Crippen LogP contribution in [0.3, 0.4) is 0 Å². The summed E-state index contributed by atoms with van der Waals surface area (Å²) < 4.78 is 1.73. The zero-order valence-electron chi connectivity index (χ0n) is 20.5. The van der Waals surface area contributed by atoms with Gasteiger partial charge in [-0.15, -0.1) is 11.8 Å². The minimum Gasteiger partial charge on any atom is -0.325 e. The number of nitrogens with one attached hydrogen (secondary N) is 1. The number of benzene rings is 2. The van der Waals surface area contributed by atoms with E-state index in [9.17, 15) is 9.59 Å². The molecule has 3 aromatic rings. The maximum atomic E-state index is 13.9. The van der Waals surface area contributed by atoms with Gasteiger partial charge in [-0.1, -0.05) is 55.8 Å². The molecule has 1 N–H and O–H groups in total. The summed E-state index contributed by atoms with van der Waals surface area (Å²) in [5, 5.41) is 4.92. The molecule has 5 nitrogen and oxygen atoms in total. The number of fused-ring (bicyclic) bond motifs is 3. The summed E-state index contributed by atoms with van der Waals surface area (Å²) >= 11 is 3.09. The standard InChI is InChI=1S/C28H31N3O2S2/c1-4-19-12-14-20(15-13-19)31-27(33)25-21-9-5-6-11-23(21)35-26(25)30-28(31)34-16-24(32)29-22-10-7-8-17(2)18(22)3/h7-8,10,12-15,21,23H,4-6,9,11,16H2,1-3H3,(H,29,32)/t21-,23-/m0/s1. The van der Waals surface area contributed by atoms with Crippen molar-refractivity contribution in [2.45, 2.75) is 74.2 Å². The fourth-order valence-corrected chi connectivity index (χ4v) is 7.40. The first kappa shape index (κ1) is 24.2. The molecule has 0 radical (unpaired) electrons. The van der Waals surface area contributed by atoms with Gasteiger partial charge in [-0.2, -0.15) is 0 Å². The maximum absolute atomic E-state index is 13.9. The molecule has 1 amide bonds. The Hall–Kier alpha value is -2.51. The summed E-state index contributed by atoms with van der Waals surface area (Å²) in [5.74, 6) is 0.368. The first-order valence-corrected chi connectivity index (χ1v) is 14.2. The lowest BCUT2D eigenvalue weighted by molar-refractivity contribution is -0.113. The largest absolute Gasteiger partial charge is 0.325 e. The van der Waals surface area contributed by atoms with E-state index in [0.29, 0.717) is 10.4 Å². The zero-order valence-corrected chi connectivity index (χ0v) is 22.1. The van der Waals surface area contributed by atoms with Crippen LogP contribution in [0.4, 0.5) is 5.69 Å². The van der Waals surface area contributed by atoms with Crippen LogP contribution < -0.4 is 10.9 Å². The Kier molecular flexibility index (Phi) is 7.07. The van der Waals surface area contributed by atoms with Crippen LogP contribution in [0.15, 0.2) is 57.4 Å². The van der Waals surface area contributed by atoms with Crippen LogP contribution in [0.1, 0.15) is 60.8 Å². The highest BCUT2D eigenvalue weighted by atomic mass is 32.2. The molecular formula is C28H31N3O2S2. The Bertz CT molecular complexity index is 1320. The molecule has 0 bridgehead atoms. The van der Waals surface area contributed by atoms with E-state index in [1.165, 1.54) is 30.2 Å². The van der Waals surface area contributed by atoms with Crippen LogP contribution in [-0.4, -0.2) is 26.5 Å². The van der Waals surface area contributed by atoms with Crippen molar-refractivity contribution in [1.29, 1.82) is 0 Å². The number of nitrogens with zero attached hydrogens (tertiary/aromatic N) is 2. The second-order valence-corrected chi connectivity index (χ2v) is 11.6. The monoisotopic (exact) mass is 505 g/mol. The van der Waals surface area contributed by atoms with Crippen molar-refractivity contribution < 1.29 is 4.79 Å². The first-order valence-electron chi connectivity index (χ1n) is 12.4. The highest BCUT2D eigenvalue weighted by molar-refractivity contribution is 8.00. The number of hydrogen-bond acceptors (Lipinski definition) is 5. The van der Waals surface area contributed by atoms with E-state index in [-0.39, 0.29) is 23.1 Å². The van der Waals surface area contributed by atoms with E-state index in [2.05, 4.69) is 24.4 Å². The Morgan fingerprint density at radius 3 is 2.69 bits per heavy atom. The number of thioether (sulfide) groups is 2. The Balaban J connectivity index is 1.47. The average Bonchev–Trinajstić information content (AvgIpc) is 3.24. The number of carbonyl (C=O) groups excluding carboxylic acids is 1. The molecular weight excluding hydrogens is 474 g/mol. The van der Waals surface area contributed by atoms with Gasteiger partial charge in [-0.3, -0.25) is 14.2 Å². The van der Waals surface area contributed by atoms with Gasteiger partial charge < -0.3 is 5.32 Å². The number of rotatable bonds is 6. The smallest absolute Gasteiger partial charge is 0.263 e. The lowest BCUT2D eigenvalue weighted by Gasteiger charge is -2.24. The number of aromatic nitrogens is 2. The first-order chi connectivity index (χ1) is 17.0. The van der Waals surface area contributed by atoms with Gasteiger partial charge >= 0.3 is 0 Å². The highest BCUT2D eigenvalue weighted by Gasteiger charge is 2.39. The van der Waals surface area contributed by atoms with Crippen molar-refractivity contribution in [3.63, 3.8) is 0 Å². The van der Waals surface area contributed by atoms with Gasteiger partial charge in [-0.25, -0.2) is 4.98 Å². The quantitative estimate of drug-likeness (QED) is 0.243. The molecule has 1 aliphatic carbocycles. The van der Waals surface area contributed by atoms with E-state index >= 15 is 0 Å². The third-order valence-corrected chi connectivity index (χ3v) is 9.54. The molecule has 2 aromatic carbocycles. The number of amides is 1. The minimum absolute atomic E-state index is 0.0265. The second-order valence-electron chi connectivity index (χ2n) is 9.41.